The number of rotatable bonds is 5. The van der Waals surface area contributed by atoms with Crippen LogP contribution in [0.5, 0.6) is 0 Å². The van der Waals surface area contributed by atoms with E-state index >= 15 is 0 Å². The van der Waals surface area contributed by atoms with Crippen LogP contribution in [0.15, 0.2) is 23.8 Å². The number of fused-ring (bicyclic) bond motifs is 7. The molecule has 0 unspecified atom stereocenters. The molecule has 12 heteroatoms. The second kappa shape index (κ2) is 13.6. The van der Waals surface area contributed by atoms with Gasteiger partial charge < -0.3 is 54.7 Å². The van der Waals surface area contributed by atoms with Gasteiger partial charge in [-0.15, -0.1) is 0 Å². The Labute approximate surface area is 313 Å². The van der Waals surface area contributed by atoms with Crippen LogP contribution in [0.2, 0.25) is 0 Å². The summed E-state index contributed by atoms with van der Waals surface area (Å²) in [5, 5.41) is 72.2. The van der Waals surface area contributed by atoms with Crippen LogP contribution < -0.4 is 0 Å². The second-order valence-electron chi connectivity index (χ2n) is 19.2. The summed E-state index contributed by atoms with van der Waals surface area (Å²) in [6.45, 7) is 17.9. The third-order valence-corrected chi connectivity index (χ3v) is 16.7. The Balaban J connectivity index is 1.17. The molecule has 53 heavy (non-hydrogen) atoms. The van der Waals surface area contributed by atoms with Crippen LogP contribution >= 0.6 is 0 Å². The van der Waals surface area contributed by atoms with E-state index in [0.717, 1.165) is 50.5 Å². The highest BCUT2D eigenvalue weighted by Crippen LogP contribution is 2.76. The first-order valence-corrected chi connectivity index (χ1v) is 20.0. The summed E-state index contributed by atoms with van der Waals surface area (Å²) in [5.74, 6) is 0.117. The molecule has 4 saturated carbocycles. The van der Waals surface area contributed by atoms with Crippen molar-refractivity contribution >= 4 is 5.97 Å². The van der Waals surface area contributed by atoms with Gasteiger partial charge >= 0.3 is 5.97 Å². The Bertz CT molecular complexity index is 1460. The van der Waals surface area contributed by atoms with E-state index in [1.807, 2.05) is 0 Å². The normalized spacial score (nSPS) is 53.7. The van der Waals surface area contributed by atoms with Crippen LogP contribution in [0.1, 0.15) is 99.3 Å². The van der Waals surface area contributed by atoms with E-state index in [2.05, 4.69) is 54.2 Å². The van der Waals surface area contributed by atoms with Crippen molar-refractivity contribution in [2.75, 3.05) is 13.2 Å². The quantitative estimate of drug-likeness (QED) is 0.124. The predicted octanol–water partition coefficient (Wildman–Crippen LogP) is 2.73. The highest BCUT2D eigenvalue weighted by molar-refractivity contribution is 5.80. The molecule has 2 heterocycles. The highest BCUT2D eigenvalue weighted by Gasteiger charge is 2.70. The molecule has 5 aliphatic carbocycles. The van der Waals surface area contributed by atoms with Crippen molar-refractivity contribution in [1.29, 1.82) is 0 Å². The molecule has 0 aromatic carbocycles. The van der Waals surface area contributed by atoms with Gasteiger partial charge in [-0.05, 0) is 97.2 Å². The molecule has 6 fully saturated rings. The summed E-state index contributed by atoms with van der Waals surface area (Å²) in [4.78, 5) is 14.5. The minimum Gasteiger partial charge on any atom is -0.432 e. The lowest BCUT2D eigenvalue weighted by molar-refractivity contribution is -0.308. The van der Waals surface area contributed by atoms with Crippen molar-refractivity contribution in [2.45, 2.75) is 161 Å². The van der Waals surface area contributed by atoms with E-state index in [0.29, 0.717) is 24.7 Å². The number of aliphatic hydroxyl groups is 7. The van der Waals surface area contributed by atoms with Gasteiger partial charge in [0.1, 0.15) is 42.7 Å². The van der Waals surface area contributed by atoms with Gasteiger partial charge in [0.05, 0.1) is 24.7 Å². The van der Waals surface area contributed by atoms with Crippen LogP contribution in [0.4, 0.5) is 0 Å². The van der Waals surface area contributed by atoms with E-state index < -0.39 is 73.3 Å². The van der Waals surface area contributed by atoms with Gasteiger partial charge in [0.25, 0.3) is 0 Å². The molecule has 0 aromatic heterocycles. The lowest BCUT2D eigenvalue weighted by Crippen LogP contribution is -2.66. The fraction of sp³-hybridized carbons (Fsp3) is 0.878. The van der Waals surface area contributed by atoms with E-state index in [9.17, 15) is 40.5 Å². The van der Waals surface area contributed by atoms with Gasteiger partial charge in [-0.1, -0.05) is 65.3 Å². The maximum absolute atomic E-state index is 14.5. The van der Waals surface area contributed by atoms with Gasteiger partial charge in [-0.3, -0.25) is 4.79 Å². The fourth-order valence-electron chi connectivity index (χ4n) is 13.1. The Morgan fingerprint density at radius 3 is 2.25 bits per heavy atom. The van der Waals surface area contributed by atoms with E-state index in [1.54, 1.807) is 0 Å². The van der Waals surface area contributed by atoms with Gasteiger partial charge in [-0.25, -0.2) is 0 Å². The lowest BCUT2D eigenvalue weighted by Gasteiger charge is -2.71. The first-order chi connectivity index (χ1) is 24.8. The number of hydrogen-bond donors (Lipinski definition) is 7. The number of aliphatic hydroxyl groups excluding tert-OH is 7. The summed E-state index contributed by atoms with van der Waals surface area (Å²) in [6.07, 6.45) is -2.90. The highest BCUT2D eigenvalue weighted by atomic mass is 16.7. The molecule has 0 spiro atoms. The molecule has 0 bridgehead atoms. The minimum atomic E-state index is -1.67. The zero-order valence-electron chi connectivity index (χ0n) is 32.3. The van der Waals surface area contributed by atoms with Crippen LogP contribution in [-0.4, -0.2) is 116 Å². The summed E-state index contributed by atoms with van der Waals surface area (Å²) < 4.78 is 23.7. The van der Waals surface area contributed by atoms with Crippen molar-refractivity contribution in [2.24, 2.45) is 50.7 Å². The number of carbonyl (C=O) groups excluding carboxylic acids is 1. The number of hydrogen-bond acceptors (Lipinski definition) is 12. The molecule has 7 aliphatic rings. The number of carbonyl (C=O) groups is 1. The average Bonchev–Trinajstić information content (AvgIpc) is 3.11. The predicted molar refractivity (Wildman–Crippen MR) is 191 cm³/mol. The summed E-state index contributed by atoms with van der Waals surface area (Å²) in [6, 6.07) is 0. The van der Waals surface area contributed by atoms with Gasteiger partial charge in [-0.2, -0.15) is 0 Å². The molecular formula is C41H64O12. The van der Waals surface area contributed by atoms with E-state index in [4.69, 9.17) is 18.9 Å². The Morgan fingerprint density at radius 2 is 1.55 bits per heavy atom. The Hall–Kier alpha value is -1.45. The molecule has 300 valence electrons. The van der Waals surface area contributed by atoms with Crippen molar-refractivity contribution in [3.63, 3.8) is 0 Å². The van der Waals surface area contributed by atoms with Gasteiger partial charge in [0, 0.05) is 5.92 Å². The van der Waals surface area contributed by atoms with Crippen molar-refractivity contribution in [3.8, 4) is 0 Å². The summed E-state index contributed by atoms with van der Waals surface area (Å²) in [5.41, 5.74) is 0.768. The molecule has 0 amide bonds. The standard InChI is InChI=1S/C41H64O12/c1-20-10-15-41(36(49)53-35-33(48)31(46)30(45)24(18-42)51-35)17-16-39(6)22(28(41)21(20)2)8-9-26-38(5)13-12-27(37(3,4)25(38)11-14-40(26,39)7)52-34-32(47)29(44)23(43)19-50-34/h8,20,23-35,42-48H,2,9-19H2,1,3-7H3/t20-,23+,24-,25+,26-,27+,28+,29+,30-,31+,32-,33-,34+,35+,38+,39-,40-,41+/m1/s1. The molecular weight excluding hydrogens is 684 g/mol. The monoisotopic (exact) mass is 748 g/mol. The van der Waals surface area contributed by atoms with Crippen LogP contribution in [0.3, 0.4) is 0 Å². The van der Waals surface area contributed by atoms with Crippen LogP contribution in [-0.2, 0) is 23.7 Å². The topological polar surface area (TPSA) is 196 Å². The van der Waals surface area contributed by atoms with Crippen molar-refractivity contribution < 1.29 is 59.5 Å². The molecule has 0 radical (unpaired) electrons. The van der Waals surface area contributed by atoms with Crippen LogP contribution in [0.25, 0.3) is 0 Å². The van der Waals surface area contributed by atoms with Crippen LogP contribution in [0, 0.1) is 50.7 Å². The molecule has 2 saturated heterocycles. The molecule has 7 rings (SSSR count). The Morgan fingerprint density at radius 1 is 0.849 bits per heavy atom. The van der Waals surface area contributed by atoms with Gasteiger partial charge in [0.2, 0.25) is 6.29 Å². The largest absolute Gasteiger partial charge is 0.432 e. The fourth-order valence-corrected chi connectivity index (χ4v) is 13.1. The summed E-state index contributed by atoms with van der Waals surface area (Å²) >= 11 is 0. The smallest absolute Gasteiger partial charge is 0.315 e. The van der Waals surface area contributed by atoms with E-state index in [1.165, 1.54) is 5.57 Å². The zero-order valence-corrected chi connectivity index (χ0v) is 32.3. The number of allylic oxidation sites excluding steroid dienone is 3. The molecule has 12 nitrogen and oxygen atoms in total. The molecule has 7 N–H and O–H groups in total. The first kappa shape index (κ1) is 39.8. The van der Waals surface area contributed by atoms with E-state index in [-0.39, 0.29) is 46.2 Å². The molecule has 18 atom stereocenters. The summed E-state index contributed by atoms with van der Waals surface area (Å²) in [7, 11) is 0. The third-order valence-electron chi connectivity index (χ3n) is 16.7. The first-order valence-electron chi connectivity index (χ1n) is 20.0. The van der Waals surface area contributed by atoms with Crippen molar-refractivity contribution in [1.82, 2.24) is 0 Å². The Kier molecular flexibility index (Phi) is 10.2. The minimum absolute atomic E-state index is 0.0173. The maximum Gasteiger partial charge on any atom is 0.315 e. The lowest BCUT2D eigenvalue weighted by atomic mass is 9.33. The second-order valence-corrected chi connectivity index (χ2v) is 19.2. The maximum atomic E-state index is 14.5. The SMILES string of the molecule is C=C1[C@H]2C3=CC[C@@H]4[C@@]5(C)CC[C@H](O[C@@H]6OC[C@H](O)[C@H](O)[C@H]6O)C(C)(C)[C@@H]5CC[C@@]4(C)[C@]3(C)CC[C@@]2(C(=O)O[C@@H]2O[C@H](CO)[C@@H](O)[C@H](O)[C@H]2O)CC[C@H]1C. The molecule has 0 aromatic rings. The van der Waals surface area contributed by atoms with Gasteiger partial charge in [0.15, 0.2) is 6.29 Å². The number of ether oxygens (including phenoxy) is 4. The third kappa shape index (κ3) is 5.70. The van der Waals surface area contributed by atoms with Crippen molar-refractivity contribution in [3.05, 3.63) is 23.8 Å². The zero-order chi connectivity index (χ0) is 38.6. The average molecular weight is 749 g/mol. The molecule has 2 aliphatic heterocycles. The number of esters is 1.